The molecular formula is C30H45NO3. The van der Waals surface area contributed by atoms with E-state index in [1.54, 1.807) is 0 Å². The van der Waals surface area contributed by atoms with E-state index in [2.05, 4.69) is 47.6 Å². The van der Waals surface area contributed by atoms with Crippen LogP contribution in [0.5, 0.6) is 0 Å². The van der Waals surface area contributed by atoms with Gasteiger partial charge in [-0.25, -0.2) is 0 Å². The number of allylic oxidation sites excluding steroid dienone is 2. The molecule has 5 rings (SSSR count). The normalized spacial score (nSPS) is 49.2. The summed E-state index contributed by atoms with van der Waals surface area (Å²) >= 11 is 0. The summed E-state index contributed by atoms with van der Waals surface area (Å²) in [5.41, 5.74) is 0.142. The highest BCUT2D eigenvalue weighted by molar-refractivity contribution is 5.83. The maximum Gasteiger partial charge on any atom is 0.136 e. The van der Waals surface area contributed by atoms with Gasteiger partial charge in [-0.05, 0) is 96.7 Å². The molecule has 4 saturated carbocycles. The zero-order valence-corrected chi connectivity index (χ0v) is 22.2. The van der Waals surface area contributed by atoms with E-state index in [-0.39, 0.29) is 57.7 Å². The summed E-state index contributed by atoms with van der Waals surface area (Å²) < 4.78 is 0. The number of Topliss-reactive ketones (excluding diaryl/α,β-unsaturated/α-hetero) is 1. The largest absolute Gasteiger partial charge is 0.511 e. The molecule has 0 heterocycles. The molecule has 2 N–H and O–H groups in total. The first-order valence-electron chi connectivity index (χ1n) is 13.7. The third kappa shape index (κ3) is 3.01. The van der Waals surface area contributed by atoms with E-state index in [0.717, 1.165) is 44.9 Å². The van der Waals surface area contributed by atoms with Crippen LogP contribution in [-0.4, -0.2) is 22.6 Å². The summed E-state index contributed by atoms with van der Waals surface area (Å²) in [6.45, 7) is 13.9. The number of nitriles is 1. The molecule has 4 heteroatoms. The topological polar surface area (TPSA) is 81.3 Å². The summed E-state index contributed by atoms with van der Waals surface area (Å²) in [5.74, 6) is 1.92. The number of ketones is 1. The Morgan fingerprint density at radius 3 is 2.29 bits per heavy atom. The van der Waals surface area contributed by atoms with Gasteiger partial charge in [0, 0.05) is 24.4 Å². The zero-order valence-electron chi connectivity index (χ0n) is 22.2. The average molecular weight is 468 g/mol. The first-order valence-corrected chi connectivity index (χ1v) is 13.7. The molecule has 4 nitrogen and oxygen atoms in total. The van der Waals surface area contributed by atoms with E-state index in [9.17, 15) is 20.3 Å². The van der Waals surface area contributed by atoms with Crippen LogP contribution in [0.2, 0.25) is 0 Å². The monoisotopic (exact) mass is 467 g/mol. The van der Waals surface area contributed by atoms with Crippen molar-refractivity contribution in [2.75, 3.05) is 6.61 Å². The molecule has 0 amide bonds. The van der Waals surface area contributed by atoms with Crippen LogP contribution in [0.1, 0.15) is 99.3 Å². The number of carbonyl (C=O) groups is 1. The molecule has 34 heavy (non-hydrogen) atoms. The molecule has 0 bridgehead atoms. The highest BCUT2D eigenvalue weighted by Crippen LogP contribution is 2.72. The molecule has 0 aromatic carbocycles. The van der Waals surface area contributed by atoms with Crippen molar-refractivity contribution in [2.45, 2.75) is 99.3 Å². The molecule has 5 aliphatic rings. The fraction of sp³-hybridized carbons (Fsp3) is 0.867. The summed E-state index contributed by atoms with van der Waals surface area (Å²) in [7, 11) is 0. The summed E-state index contributed by atoms with van der Waals surface area (Å²) in [6.07, 6.45) is 8.62. The number of hydrogen-bond donors (Lipinski definition) is 2. The predicted octanol–water partition coefficient (Wildman–Crippen LogP) is 6.59. The van der Waals surface area contributed by atoms with E-state index < -0.39 is 5.41 Å². The number of aliphatic hydroxyl groups is 2. The first kappa shape index (κ1) is 24.4. The lowest BCUT2D eigenvalue weighted by Crippen LogP contribution is -2.65. The van der Waals surface area contributed by atoms with Gasteiger partial charge in [-0.15, -0.1) is 0 Å². The number of carbonyl (C=O) groups excluding carboxylic acids is 1. The molecule has 188 valence electrons. The smallest absolute Gasteiger partial charge is 0.136 e. The summed E-state index contributed by atoms with van der Waals surface area (Å²) in [4.78, 5) is 14.1. The standard InChI is InChI=1S/C30H45NO3/c1-26(2)11-12-30(17-32)10-7-19-24(20(30)15-26)21(33)13-23-28(19,5)9-8-22-27(3,4)25(34)18(16-31)14-29(22,23)6/h19-20,22-24,32,34H,7-15,17H2,1-6H3. The van der Waals surface area contributed by atoms with Gasteiger partial charge in [0.25, 0.3) is 0 Å². The van der Waals surface area contributed by atoms with Crippen LogP contribution in [0, 0.1) is 68.0 Å². The molecule has 0 aromatic rings. The van der Waals surface area contributed by atoms with Gasteiger partial charge in [-0.3, -0.25) is 4.79 Å². The van der Waals surface area contributed by atoms with Gasteiger partial charge in [0.05, 0.1) is 11.6 Å². The Morgan fingerprint density at radius 2 is 1.65 bits per heavy atom. The zero-order chi connectivity index (χ0) is 24.9. The fourth-order valence-electron chi connectivity index (χ4n) is 10.6. The molecule has 0 aliphatic heterocycles. The van der Waals surface area contributed by atoms with Crippen molar-refractivity contribution in [1.29, 1.82) is 5.26 Å². The number of nitrogens with zero attached hydrogens (tertiary/aromatic N) is 1. The second-order valence-corrected chi connectivity index (χ2v) is 14.8. The van der Waals surface area contributed by atoms with Crippen LogP contribution in [-0.2, 0) is 4.79 Å². The van der Waals surface area contributed by atoms with Crippen molar-refractivity contribution in [2.24, 2.45) is 56.7 Å². The van der Waals surface area contributed by atoms with Crippen LogP contribution in [0.25, 0.3) is 0 Å². The van der Waals surface area contributed by atoms with Gasteiger partial charge in [-0.2, -0.15) is 5.26 Å². The third-order valence-corrected chi connectivity index (χ3v) is 12.4. The van der Waals surface area contributed by atoms with E-state index in [1.807, 2.05) is 0 Å². The number of aliphatic hydroxyl groups excluding tert-OH is 2. The lowest BCUT2D eigenvalue weighted by atomic mass is 9.35. The maximum absolute atomic E-state index is 14.1. The summed E-state index contributed by atoms with van der Waals surface area (Å²) in [6, 6.07) is 2.32. The van der Waals surface area contributed by atoms with E-state index in [0.29, 0.717) is 30.1 Å². The lowest BCUT2D eigenvalue weighted by Gasteiger charge is -2.68. The number of hydrogen-bond acceptors (Lipinski definition) is 4. The highest BCUT2D eigenvalue weighted by atomic mass is 16.3. The van der Waals surface area contributed by atoms with Gasteiger partial charge in [0.2, 0.25) is 0 Å². The maximum atomic E-state index is 14.1. The minimum Gasteiger partial charge on any atom is -0.511 e. The Balaban J connectivity index is 1.56. The van der Waals surface area contributed by atoms with E-state index in [4.69, 9.17) is 0 Å². The van der Waals surface area contributed by atoms with Gasteiger partial charge in [0.15, 0.2) is 0 Å². The second kappa shape index (κ2) is 7.34. The van der Waals surface area contributed by atoms with Crippen LogP contribution in [0.15, 0.2) is 11.3 Å². The lowest BCUT2D eigenvalue weighted by molar-refractivity contribution is -0.202. The highest BCUT2D eigenvalue weighted by Gasteiger charge is 2.68. The molecule has 5 aliphatic carbocycles. The minimum atomic E-state index is -0.439. The first-order chi connectivity index (χ1) is 15.8. The Hall–Kier alpha value is -1.34. The molecule has 8 atom stereocenters. The van der Waals surface area contributed by atoms with Crippen molar-refractivity contribution in [3.63, 3.8) is 0 Å². The SMILES string of the molecule is CC1(C)CCC2(CO)CCC3C(C(=O)CC4C3(C)CCC3C(C)(C)C(O)=C(C#N)CC34C)C2C1. The molecule has 0 spiro atoms. The van der Waals surface area contributed by atoms with Crippen molar-refractivity contribution in [3.8, 4) is 6.07 Å². The summed E-state index contributed by atoms with van der Waals surface area (Å²) in [5, 5.41) is 31.4. The van der Waals surface area contributed by atoms with Crippen LogP contribution < -0.4 is 0 Å². The van der Waals surface area contributed by atoms with Gasteiger partial charge in [-0.1, -0.05) is 41.5 Å². The molecule has 8 unspecified atom stereocenters. The van der Waals surface area contributed by atoms with Gasteiger partial charge in [0.1, 0.15) is 11.5 Å². The fourth-order valence-corrected chi connectivity index (χ4v) is 10.6. The predicted molar refractivity (Wildman–Crippen MR) is 133 cm³/mol. The molecule has 0 aromatic heterocycles. The van der Waals surface area contributed by atoms with Crippen LogP contribution >= 0.6 is 0 Å². The molecule has 0 radical (unpaired) electrons. The van der Waals surface area contributed by atoms with Crippen molar-refractivity contribution < 1.29 is 15.0 Å². The second-order valence-electron chi connectivity index (χ2n) is 14.8. The van der Waals surface area contributed by atoms with E-state index in [1.165, 1.54) is 0 Å². The van der Waals surface area contributed by atoms with Crippen LogP contribution in [0.4, 0.5) is 0 Å². The minimum absolute atomic E-state index is 0.0661. The van der Waals surface area contributed by atoms with Crippen molar-refractivity contribution in [1.82, 2.24) is 0 Å². The van der Waals surface area contributed by atoms with Gasteiger partial charge >= 0.3 is 0 Å². The average Bonchev–Trinajstić information content (AvgIpc) is 2.77. The molecular weight excluding hydrogens is 422 g/mol. The van der Waals surface area contributed by atoms with Gasteiger partial charge < -0.3 is 10.2 Å². The Morgan fingerprint density at radius 1 is 0.941 bits per heavy atom. The van der Waals surface area contributed by atoms with Crippen LogP contribution in [0.3, 0.4) is 0 Å². The van der Waals surface area contributed by atoms with E-state index >= 15 is 0 Å². The number of fused-ring (bicyclic) bond motifs is 7. The molecule has 4 fully saturated rings. The Labute approximate surface area is 206 Å². The third-order valence-electron chi connectivity index (χ3n) is 12.4. The quantitative estimate of drug-likeness (QED) is 0.455. The number of rotatable bonds is 1. The van der Waals surface area contributed by atoms with Crippen molar-refractivity contribution >= 4 is 5.78 Å². The Bertz CT molecular complexity index is 972. The molecule has 0 saturated heterocycles. The van der Waals surface area contributed by atoms with Crippen molar-refractivity contribution in [3.05, 3.63) is 11.3 Å². The Kier molecular flexibility index (Phi) is 5.26.